The van der Waals surface area contributed by atoms with Crippen LogP contribution in [0.4, 0.5) is 0 Å². The molecular formula is C9H9NO2. The summed E-state index contributed by atoms with van der Waals surface area (Å²) in [6.07, 6.45) is 0. The summed E-state index contributed by atoms with van der Waals surface area (Å²) < 4.78 is 0. The van der Waals surface area contributed by atoms with E-state index in [0.29, 0.717) is 5.56 Å². The van der Waals surface area contributed by atoms with Crippen LogP contribution in [0.15, 0.2) is 35.5 Å². The van der Waals surface area contributed by atoms with E-state index in [1.165, 1.54) is 6.92 Å². The van der Waals surface area contributed by atoms with Crippen LogP contribution in [0.1, 0.15) is 17.3 Å². The van der Waals surface area contributed by atoms with Crippen LogP contribution in [0.3, 0.4) is 0 Å². The maximum atomic E-state index is 11.3. The molecule has 0 saturated heterocycles. The lowest BCUT2D eigenvalue weighted by Crippen LogP contribution is -2.09. The third-order valence-electron chi connectivity index (χ3n) is 1.51. The number of benzene rings is 1. The van der Waals surface area contributed by atoms with Crippen molar-refractivity contribution in [3.63, 3.8) is 0 Å². The van der Waals surface area contributed by atoms with Gasteiger partial charge in [0.05, 0.1) is 0 Å². The first-order chi connectivity index (χ1) is 5.75. The quantitative estimate of drug-likeness (QED) is 0.312. The summed E-state index contributed by atoms with van der Waals surface area (Å²) in [6.45, 7) is 1.47. The predicted octanol–water partition coefficient (Wildman–Crippen LogP) is 1.72. The molecule has 0 aliphatic rings. The number of hydrogen-bond donors (Lipinski definition) is 1. The minimum absolute atomic E-state index is 0.0983. The van der Waals surface area contributed by atoms with Gasteiger partial charge in [-0.2, -0.15) is 0 Å². The third kappa shape index (κ3) is 1.69. The number of Topliss-reactive ketones (excluding diaryl/α,β-unsaturated/α-hetero) is 1. The molecule has 0 aliphatic carbocycles. The summed E-state index contributed by atoms with van der Waals surface area (Å²) in [7, 11) is 0. The Morgan fingerprint density at radius 2 is 1.92 bits per heavy atom. The fourth-order valence-corrected chi connectivity index (χ4v) is 0.844. The maximum absolute atomic E-state index is 11.3. The third-order valence-corrected chi connectivity index (χ3v) is 1.51. The van der Waals surface area contributed by atoms with E-state index in [4.69, 9.17) is 5.21 Å². The summed E-state index contributed by atoms with van der Waals surface area (Å²) in [6, 6.07) is 8.70. The van der Waals surface area contributed by atoms with Crippen molar-refractivity contribution in [1.82, 2.24) is 0 Å². The Morgan fingerprint density at radius 3 is 2.42 bits per heavy atom. The molecule has 0 heterocycles. The molecule has 1 aromatic carbocycles. The van der Waals surface area contributed by atoms with E-state index in [-0.39, 0.29) is 11.5 Å². The maximum Gasteiger partial charge on any atom is 0.210 e. The number of oxime groups is 1. The Kier molecular flexibility index (Phi) is 2.58. The molecule has 0 aliphatic heterocycles. The number of carbonyl (C=O) groups is 1. The van der Waals surface area contributed by atoms with Gasteiger partial charge in [0.15, 0.2) is 0 Å². The molecule has 1 aromatic rings. The fourth-order valence-electron chi connectivity index (χ4n) is 0.844. The largest absolute Gasteiger partial charge is 0.411 e. The summed E-state index contributed by atoms with van der Waals surface area (Å²) in [4.78, 5) is 11.3. The standard InChI is InChI=1S/C9H9NO2/c1-7(10-12)9(11)8-5-3-2-4-6-8/h2-6,12H,1H3/b10-7-. The van der Waals surface area contributed by atoms with Gasteiger partial charge in [-0.3, -0.25) is 4.79 Å². The molecular weight excluding hydrogens is 154 g/mol. The van der Waals surface area contributed by atoms with Gasteiger partial charge in [0.2, 0.25) is 5.78 Å². The van der Waals surface area contributed by atoms with Crippen LogP contribution in [0.2, 0.25) is 0 Å². The second-order valence-electron chi connectivity index (χ2n) is 2.38. The highest BCUT2D eigenvalue weighted by Crippen LogP contribution is 2.00. The van der Waals surface area contributed by atoms with Gasteiger partial charge in [0, 0.05) is 5.56 Å². The van der Waals surface area contributed by atoms with Crippen molar-refractivity contribution < 1.29 is 10.0 Å². The van der Waals surface area contributed by atoms with Crippen molar-refractivity contribution in [2.24, 2.45) is 5.16 Å². The monoisotopic (exact) mass is 163 g/mol. The van der Waals surface area contributed by atoms with Crippen molar-refractivity contribution in [2.75, 3.05) is 0 Å². The molecule has 0 unspecified atom stereocenters. The first kappa shape index (κ1) is 8.46. The van der Waals surface area contributed by atoms with Crippen molar-refractivity contribution in [3.05, 3.63) is 35.9 Å². The van der Waals surface area contributed by atoms with Crippen LogP contribution in [0, 0.1) is 0 Å². The van der Waals surface area contributed by atoms with Gasteiger partial charge in [0.1, 0.15) is 5.71 Å². The Morgan fingerprint density at radius 1 is 1.33 bits per heavy atom. The molecule has 0 spiro atoms. The molecule has 0 saturated carbocycles. The van der Waals surface area contributed by atoms with Gasteiger partial charge in [-0.1, -0.05) is 35.5 Å². The van der Waals surface area contributed by atoms with Crippen molar-refractivity contribution in [1.29, 1.82) is 0 Å². The molecule has 0 aromatic heterocycles. The van der Waals surface area contributed by atoms with E-state index in [0.717, 1.165) is 0 Å². The summed E-state index contributed by atoms with van der Waals surface area (Å²) in [5.74, 6) is -0.252. The number of ketones is 1. The van der Waals surface area contributed by atoms with Gasteiger partial charge in [-0.15, -0.1) is 0 Å². The number of carbonyl (C=O) groups excluding carboxylic acids is 1. The second-order valence-corrected chi connectivity index (χ2v) is 2.38. The Hall–Kier alpha value is -1.64. The smallest absolute Gasteiger partial charge is 0.210 e. The molecule has 0 bridgehead atoms. The molecule has 0 fully saturated rings. The van der Waals surface area contributed by atoms with Gasteiger partial charge in [0.25, 0.3) is 0 Å². The topological polar surface area (TPSA) is 49.7 Å². The van der Waals surface area contributed by atoms with Gasteiger partial charge < -0.3 is 5.21 Å². The van der Waals surface area contributed by atoms with Crippen LogP contribution in [0.25, 0.3) is 0 Å². The summed E-state index contributed by atoms with van der Waals surface area (Å²) in [5.41, 5.74) is 0.633. The predicted molar refractivity (Wildman–Crippen MR) is 45.7 cm³/mol. The molecule has 3 heteroatoms. The number of nitrogens with zero attached hydrogens (tertiary/aromatic N) is 1. The zero-order valence-corrected chi connectivity index (χ0v) is 6.69. The zero-order valence-electron chi connectivity index (χ0n) is 6.69. The van der Waals surface area contributed by atoms with Gasteiger partial charge in [-0.25, -0.2) is 0 Å². The van der Waals surface area contributed by atoms with Crippen molar-refractivity contribution in [2.45, 2.75) is 6.92 Å². The average Bonchev–Trinajstić information content (AvgIpc) is 2.17. The minimum Gasteiger partial charge on any atom is -0.411 e. The number of hydrogen-bond acceptors (Lipinski definition) is 3. The molecule has 1 N–H and O–H groups in total. The first-order valence-corrected chi connectivity index (χ1v) is 3.54. The van der Waals surface area contributed by atoms with Crippen LogP contribution < -0.4 is 0 Å². The number of rotatable bonds is 2. The van der Waals surface area contributed by atoms with Crippen LogP contribution in [-0.4, -0.2) is 16.7 Å². The molecule has 3 nitrogen and oxygen atoms in total. The first-order valence-electron chi connectivity index (χ1n) is 3.54. The second kappa shape index (κ2) is 3.67. The molecule has 0 amide bonds. The lowest BCUT2D eigenvalue weighted by atomic mass is 10.1. The van der Waals surface area contributed by atoms with E-state index in [1.807, 2.05) is 6.07 Å². The minimum atomic E-state index is -0.252. The molecule has 1 rings (SSSR count). The highest BCUT2D eigenvalue weighted by Gasteiger charge is 2.07. The van der Waals surface area contributed by atoms with Crippen molar-refractivity contribution >= 4 is 11.5 Å². The van der Waals surface area contributed by atoms with E-state index in [2.05, 4.69) is 5.16 Å². The molecule has 0 atom stereocenters. The SMILES string of the molecule is C/C(=N/O)C(=O)c1ccccc1. The lowest BCUT2D eigenvalue weighted by Gasteiger charge is -1.96. The Balaban J connectivity index is 2.94. The highest BCUT2D eigenvalue weighted by atomic mass is 16.4. The van der Waals surface area contributed by atoms with E-state index in [9.17, 15) is 4.79 Å². The normalized spacial score (nSPS) is 11.2. The van der Waals surface area contributed by atoms with Crippen LogP contribution in [-0.2, 0) is 0 Å². The fraction of sp³-hybridized carbons (Fsp3) is 0.111. The van der Waals surface area contributed by atoms with E-state index in [1.54, 1.807) is 24.3 Å². The van der Waals surface area contributed by atoms with Gasteiger partial charge in [-0.05, 0) is 6.92 Å². The lowest BCUT2D eigenvalue weighted by molar-refractivity contribution is 0.106. The van der Waals surface area contributed by atoms with E-state index < -0.39 is 0 Å². The Bertz CT molecular complexity index is 304. The molecule has 12 heavy (non-hydrogen) atoms. The average molecular weight is 163 g/mol. The zero-order chi connectivity index (χ0) is 8.97. The van der Waals surface area contributed by atoms with E-state index >= 15 is 0 Å². The van der Waals surface area contributed by atoms with Gasteiger partial charge >= 0.3 is 0 Å². The Labute approximate surface area is 70.3 Å². The summed E-state index contributed by atoms with van der Waals surface area (Å²) >= 11 is 0. The molecule has 62 valence electrons. The van der Waals surface area contributed by atoms with Crippen LogP contribution in [0.5, 0.6) is 0 Å². The summed E-state index contributed by atoms with van der Waals surface area (Å²) in [5, 5.41) is 11.2. The van der Waals surface area contributed by atoms with Crippen LogP contribution >= 0.6 is 0 Å². The van der Waals surface area contributed by atoms with Crippen molar-refractivity contribution in [3.8, 4) is 0 Å². The molecule has 0 radical (unpaired) electrons. The highest BCUT2D eigenvalue weighted by molar-refractivity contribution is 6.45.